The molecule has 0 saturated carbocycles. The third kappa shape index (κ3) is 2.91. The summed E-state index contributed by atoms with van der Waals surface area (Å²) in [4.78, 5) is 12.3. The highest BCUT2D eigenvalue weighted by Gasteiger charge is 2.37. The van der Waals surface area contributed by atoms with Crippen LogP contribution in [0.15, 0.2) is 28.7 Å². The number of carbonyl (C=O) groups is 1. The predicted molar refractivity (Wildman–Crippen MR) is 98.5 cm³/mol. The van der Waals surface area contributed by atoms with E-state index in [1.165, 1.54) is 0 Å². The van der Waals surface area contributed by atoms with Gasteiger partial charge < -0.3 is 5.32 Å². The zero-order chi connectivity index (χ0) is 17.8. The highest BCUT2D eigenvalue weighted by molar-refractivity contribution is 9.10. The SMILES string of the molecule is Cc1nn([C@@H]2CCS(=O)(=O)C2)c2c1[C@@H](c1ccccc1Br)CC(=O)N2. The minimum Gasteiger partial charge on any atom is -0.311 e. The Morgan fingerprint density at radius 2 is 2.08 bits per heavy atom. The van der Waals surface area contributed by atoms with Crippen molar-refractivity contribution in [1.29, 1.82) is 0 Å². The number of benzene rings is 1. The van der Waals surface area contributed by atoms with Crippen LogP contribution in [0.2, 0.25) is 0 Å². The maximum Gasteiger partial charge on any atom is 0.226 e. The van der Waals surface area contributed by atoms with Crippen LogP contribution in [-0.4, -0.2) is 35.6 Å². The first-order valence-corrected chi connectivity index (χ1v) is 10.8. The lowest BCUT2D eigenvalue weighted by Gasteiger charge is -2.26. The first kappa shape index (κ1) is 16.8. The van der Waals surface area contributed by atoms with E-state index in [4.69, 9.17) is 0 Å². The van der Waals surface area contributed by atoms with Gasteiger partial charge in [0.1, 0.15) is 5.82 Å². The fourth-order valence-electron chi connectivity index (χ4n) is 3.83. The van der Waals surface area contributed by atoms with Crippen LogP contribution in [0.25, 0.3) is 0 Å². The van der Waals surface area contributed by atoms with Crippen molar-refractivity contribution in [1.82, 2.24) is 9.78 Å². The summed E-state index contributed by atoms with van der Waals surface area (Å²) in [5.74, 6) is 0.737. The van der Waals surface area contributed by atoms with E-state index >= 15 is 0 Å². The third-order valence-electron chi connectivity index (χ3n) is 4.96. The highest BCUT2D eigenvalue weighted by Crippen LogP contribution is 2.43. The Kier molecular flexibility index (Phi) is 3.99. The molecule has 2 aromatic rings. The molecule has 1 fully saturated rings. The number of amides is 1. The van der Waals surface area contributed by atoms with Gasteiger partial charge >= 0.3 is 0 Å². The van der Waals surface area contributed by atoms with Crippen LogP contribution >= 0.6 is 15.9 Å². The van der Waals surface area contributed by atoms with Crippen LogP contribution in [0.3, 0.4) is 0 Å². The van der Waals surface area contributed by atoms with E-state index in [1.807, 2.05) is 31.2 Å². The summed E-state index contributed by atoms with van der Waals surface area (Å²) in [5, 5.41) is 7.53. The van der Waals surface area contributed by atoms with E-state index in [-0.39, 0.29) is 29.4 Å². The Morgan fingerprint density at radius 3 is 2.76 bits per heavy atom. The predicted octanol–water partition coefficient (Wildman–Crippen LogP) is 2.79. The number of carbonyl (C=O) groups excluding carboxylic acids is 1. The summed E-state index contributed by atoms with van der Waals surface area (Å²) in [5.41, 5.74) is 2.86. The van der Waals surface area contributed by atoms with Gasteiger partial charge in [0, 0.05) is 22.4 Å². The summed E-state index contributed by atoms with van der Waals surface area (Å²) in [6.45, 7) is 1.92. The van der Waals surface area contributed by atoms with Crippen molar-refractivity contribution in [3.8, 4) is 0 Å². The van der Waals surface area contributed by atoms with E-state index in [0.29, 0.717) is 18.7 Å². The Bertz CT molecular complexity index is 968. The van der Waals surface area contributed by atoms with Crippen molar-refractivity contribution in [3.05, 3.63) is 45.6 Å². The largest absolute Gasteiger partial charge is 0.311 e. The fraction of sp³-hybridized carbons (Fsp3) is 0.412. The zero-order valence-electron chi connectivity index (χ0n) is 13.7. The Labute approximate surface area is 154 Å². The number of aromatic nitrogens is 2. The van der Waals surface area contributed by atoms with Crippen LogP contribution in [0.1, 0.15) is 41.6 Å². The molecule has 25 heavy (non-hydrogen) atoms. The van der Waals surface area contributed by atoms with Crippen LogP contribution in [0.4, 0.5) is 5.82 Å². The molecule has 132 valence electrons. The molecule has 1 aromatic carbocycles. The molecule has 1 saturated heterocycles. The van der Waals surface area contributed by atoms with Crippen molar-refractivity contribution < 1.29 is 13.2 Å². The van der Waals surface area contributed by atoms with Gasteiger partial charge in [-0.15, -0.1) is 0 Å². The van der Waals surface area contributed by atoms with E-state index < -0.39 is 9.84 Å². The maximum absolute atomic E-state index is 12.3. The monoisotopic (exact) mass is 423 g/mol. The molecule has 3 heterocycles. The van der Waals surface area contributed by atoms with Crippen molar-refractivity contribution in [3.63, 3.8) is 0 Å². The molecule has 0 spiro atoms. The van der Waals surface area contributed by atoms with Crippen LogP contribution in [0, 0.1) is 6.92 Å². The van der Waals surface area contributed by atoms with Crippen LogP contribution < -0.4 is 5.32 Å². The number of sulfone groups is 1. The van der Waals surface area contributed by atoms with Crippen molar-refractivity contribution >= 4 is 37.5 Å². The summed E-state index contributed by atoms with van der Waals surface area (Å²) in [7, 11) is -3.03. The Morgan fingerprint density at radius 1 is 1.32 bits per heavy atom. The number of hydrogen-bond donors (Lipinski definition) is 1. The zero-order valence-corrected chi connectivity index (χ0v) is 16.1. The molecule has 1 aromatic heterocycles. The number of nitrogens with one attached hydrogen (secondary N) is 1. The maximum atomic E-state index is 12.3. The molecule has 0 aliphatic carbocycles. The van der Waals surface area contributed by atoms with Crippen LogP contribution in [-0.2, 0) is 14.6 Å². The van der Waals surface area contributed by atoms with Crippen molar-refractivity contribution in [2.75, 3.05) is 16.8 Å². The molecule has 1 amide bonds. The highest BCUT2D eigenvalue weighted by atomic mass is 79.9. The first-order valence-electron chi connectivity index (χ1n) is 8.19. The lowest BCUT2D eigenvalue weighted by molar-refractivity contribution is -0.116. The minimum atomic E-state index is -3.03. The molecular weight excluding hydrogens is 406 g/mol. The molecule has 0 unspecified atom stereocenters. The number of aryl methyl sites for hydroxylation is 1. The average Bonchev–Trinajstić information content (AvgIpc) is 3.07. The van der Waals surface area contributed by atoms with Gasteiger partial charge in [-0.3, -0.25) is 4.79 Å². The van der Waals surface area contributed by atoms with E-state index in [9.17, 15) is 13.2 Å². The minimum absolute atomic E-state index is 0.0738. The number of rotatable bonds is 2. The van der Waals surface area contributed by atoms with Crippen molar-refractivity contribution in [2.45, 2.75) is 31.7 Å². The molecule has 2 aliphatic rings. The quantitative estimate of drug-likeness (QED) is 0.804. The smallest absolute Gasteiger partial charge is 0.226 e. The van der Waals surface area contributed by atoms with Gasteiger partial charge in [0.15, 0.2) is 9.84 Å². The van der Waals surface area contributed by atoms with Gasteiger partial charge in [0.05, 0.1) is 23.2 Å². The molecule has 8 heteroatoms. The lowest BCUT2D eigenvalue weighted by atomic mass is 9.86. The van der Waals surface area contributed by atoms with E-state index in [2.05, 4.69) is 26.3 Å². The second kappa shape index (κ2) is 5.95. The number of hydrogen-bond acceptors (Lipinski definition) is 4. The molecule has 4 rings (SSSR count). The Hall–Kier alpha value is -1.67. The average molecular weight is 424 g/mol. The number of halogens is 1. The van der Waals surface area contributed by atoms with Gasteiger partial charge in [0.2, 0.25) is 5.91 Å². The lowest BCUT2D eigenvalue weighted by Crippen LogP contribution is -2.26. The van der Waals surface area contributed by atoms with Crippen LogP contribution in [0.5, 0.6) is 0 Å². The summed E-state index contributed by atoms with van der Waals surface area (Å²) in [6, 6.07) is 7.65. The van der Waals surface area contributed by atoms with Gasteiger partial charge in [-0.25, -0.2) is 13.1 Å². The molecule has 2 atom stereocenters. The topological polar surface area (TPSA) is 81.1 Å². The second-order valence-corrected chi connectivity index (χ2v) is 9.76. The molecule has 1 N–H and O–H groups in total. The Balaban J connectivity index is 1.83. The molecule has 6 nitrogen and oxygen atoms in total. The second-order valence-electron chi connectivity index (χ2n) is 6.68. The molecule has 0 radical (unpaired) electrons. The van der Waals surface area contributed by atoms with Gasteiger partial charge in [0.25, 0.3) is 0 Å². The molecular formula is C17H18BrN3O3S. The summed E-state index contributed by atoms with van der Waals surface area (Å²) in [6.07, 6.45) is 0.885. The summed E-state index contributed by atoms with van der Waals surface area (Å²) < 4.78 is 26.4. The van der Waals surface area contributed by atoms with Crippen molar-refractivity contribution in [2.24, 2.45) is 0 Å². The summed E-state index contributed by atoms with van der Waals surface area (Å²) >= 11 is 3.58. The van der Waals surface area contributed by atoms with Gasteiger partial charge in [-0.2, -0.15) is 5.10 Å². The normalized spacial score (nSPS) is 24.8. The van der Waals surface area contributed by atoms with Gasteiger partial charge in [-0.05, 0) is 25.0 Å². The van der Waals surface area contributed by atoms with Gasteiger partial charge in [-0.1, -0.05) is 34.1 Å². The number of anilines is 1. The number of nitrogens with zero attached hydrogens (tertiary/aromatic N) is 2. The fourth-order valence-corrected chi connectivity index (χ4v) is 6.08. The molecule has 0 bridgehead atoms. The molecule has 2 aliphatic heterocycles. The van der Waals surface area contributed by atoms with E-state index in [1.54, 1.807) is 4.68 Å². The third-order valence-corrected chi connectivity index (χ3v) is 7.43. The standard InChI is InChI=1S/C17H18BrN3O3S/c1-10-16-13(12-4-2-3-5-14(12)18)8-15(22)19-17(16)21(20-10)11-6-7-25(23,24)9-11/h2-5,11,13H,6-9H2,1H3,(H,19,22)/t11-,13-/m1/s1. The first-order chi connectivity index (χ1) is 11.9. The van der Waals surface area contributed by atoms with E-state index in [0.717, 1.165) is 21.3 Å². The number of fused-ring (bicyclic) bond motifs is 1.